The fourth-order valence-corrected chi connectivity index (χ4v) is 4.96. The molecule has 0 bridgehead atoms. The fraction of sp³-hybridized carbons (Fsp3) is 0.333. The van der Waals surface area contributed by atoms with Crippen molar-refractivity contribution in [2.75, 3.05) is 32.1 Å². The molecule has 0 unspecified atom stereocenters. The molecule has 0 aromatic heterocycles. The first-order chi connectivity index (χ1) is 14.8. The zero-order valence-electron chi connectivity index (χ0n) is 17.2. The maximum absolute atomic E-state index is 13.1. The number of rotatable bonds is 8. The Morgan fingerprint density at radius 2 is 1.74 bits per heavy atom. The Morgan fingerprint density at radius 3 is 2.35 bits per heavy atom. The number of primary amides is 1. The number of sulfonamides is 1. The largest absolute Gasteiger partial charge is 0.495 e. The summed E-state index contributed by atoms with van der Waals surface area (Å²) in [5.41, 5.74) is 5.83. The van der Waals surface area contributed by atoms with Crippen molar-refractivity contribution in [1.29, 1.82) is 0 Å². The van der Waals surface area contributed by atoms with Crippen LogP contribution >= 0.6 is 0 Å². The number of hydrogen-bond acceptors (Lipinski definition) is 6. The van der Waals surface area contributed by atoms with E-state index in [4.69, 9.17) is 15.2 Å². The Kier molecular flexibility index (Phi) is 7.13. The molecular weight excluding hydrogens is 422 g/mol. The highest BCUT2D eigenvalue weighted by atomic mass is 32.2. The van der Waals surface area contributed by atoms with Crippen LogP contribution in [-0.4, -0.2) is 51.3 Å². The average Bonchev–Trinajstić information content (AvgIpc) is 2.78. The van der Waals surface area contributed by atoms with Gasteiger partial charge in [-0.25, -0.2) is 8.42 Å². The Bertz CT molecular complexity index is 1050. The van der Waals surface area contributed by atoms with Gasteiger partial charge in [0.25, 0.3) is 5.91 Å². The number of carbonyl (C=O) groups is 2. The van der Waals surface area contributed by atoms with E-state index in [1.165, 1.54) is 47.8 Å². The minimum atomic E-state index is -3.74. The Hall–Kier alpha value is -3.11. The van der Waals surface area contributed by atoms with Gasteiger partial charge in [0.2, 0.25) is 15.9 Å². The van der Waals surface area contributed by atoms with Crippen LogP contribution in [0.2, 0.25) is 0 Å². The molecule has 0 spiro atoms. The molecule has 3 rings (SSSR count). The van der Waals surface area contributed by atoms with Gasteiger partial charge in [-0.05, 0) is 55.3 Å². The predicted octanol–water partition coefficient (Wildman–Crippen LogP) is 1.99. The number of nitrogens with zero attached hydrogens (tertiary/aromatic N) is 1. The van der Waals surface area contributed by atoms with Crippen LogP contribution in [0.1, 0.15) is 29.6 Å². The zero-order chi connectivity index (χ0) is 22.4. The molecule has 2 aromatic rings. The number of hydrogen-bond donors (Lipinski definition) is 2. The Labute approximate surface area is 181 Å². The summed E-state index contributed by atoms with van der Waals surface area (Å²) in [6, 6.07) is 10.5. The summed E-state index contributed by atoms with van der Waals surface area (Å²) >= 11 is 0. The molecule has 166 valence electrons. The second-order valence-corrected chi connectivity index (χ2v) is 8.96. The topological polar surface area (TPSA) is 128 Å². The lowest BCUT2D eigenvalue weighted by atomic mass is 10.2. The second-order valence-electron chi connectivity index (χ2n) is 7.06. The average molecular weight is 448 g/mol. The molecule has 2 amide bonds. The van der Waals surface area contributed by atoms with E-state index in [1.807, 2.05) is 0 Å². The number of nitrogens with two attached hydrogens (primary N) is 1. The Balaban J connectivity index is 1.69. The van der Waals surface area contributed by atoms with E-state index >= 15 is 0 Å². The normalized spacial score (nSPS) is 14.6. The maximum Gasteiger partial charge on any atom is 0.262 e. The van der Waals surface area contributed by atoms with Crippen molar-refractivity contribution >= 4 is 27.5 Å². The van der Waals surface area contributed by atoms with Gasteiger partial charge in [0.15, 0.2) is 6.61 Å². The van der Waals surface area contributed by atoms with Gasteiger partial charge in [-0.2, -0.15) is 4.31 Å². The van der Waals surface area contributed by atoms with Crippen molar-refractivity contribution in [1.82, 2.24) is 4.31 Å². The van der Waals surface area contributed by atoms with Gasteiger partial charge in [-0.3, -0.25) is 9.59 Å². The van der Waals surface area contributed by atoms with Crippen LogP contribution in [0.15, 0.2) is 47.4 Å². The number of ether oxygens (including phenoxy) is 2. The number of amides is 2. The first-order valence-corrected chi connectivity index (χ1v) is 11.3. The van der Waals surface area contributed by atoms with Crippen LogP contribution in [0.4, 0.5) is 5.69 Å². The van der Waals surface area contributed by atoms with Crippen molar-refractivity contribution in [2.45, 2.75) is 24.2 Å². The lowest BCUT2D eigenvalue weighted by Gasteiger charge is -2.26. The van der Waals surface area contributed by atoms with E-state index < -0.39 is 21.8 Å². The molecule has 31 heavy (non-hydrogen) atoms. The smallest absolute Gasteiger partial charge is 0.262 e. The van der Waals surface area contributed by atoms with Crippen LogP contribution in [0.25, 0.3) is 0 Å². The molecule has 1 fully saturated rings. The highest BCUT2D eigenvalue weighted by Crippen LogP contribution is 2.31. The summed E-state index contributed by atoms with van der Waals surface area (Å²) < 4.78 is 38.2. The van der Waals surface area contributed by atoms with E-state index in [-0.39, 0.29) is 17.3 Å². The summed E-state index contributed by atoms with van der Waals surface area (Å²) in [6.45, 7) is 0.630. The number of methoxy groups -OCH3 is 1. The third kappa shape index (κ3) is 5.53. The van der Waals surface area contributed by atoms with Gasteiger partial charge in [-0.15, -0.1) is 0 Å². The quantitative estimate of drug-likeness (QED) is 0.637. The number of anilines is 1. The standard InChI is InChI=1S/C21H25N3O6S/c1-29-18-10-7-16(13-19(18)31(27,28)24-11-3-2-4-12-24)23-20(25)14-30-17-8-5-15(6-9-17)21(22)26/h5-10,13H,2-4,11-12,14H2,1H3,(H2,22,26)(H,23,25). The van der Waals surface area contributed by atoms with Gasteiger partial charge in [0.1, 0.15) is 16.4 Å². The highest BCUT2D eigenvalue weighted by molar-refractivity contribution is 7.89. The molecule has 0 radical (unpaired) electrons. The molecule has 2 aromatic carbocycles. The molecule has 1 aliphatic rings. The lowest BCUT2D eigenvalue weighted by Crippen LogP contribution is -2.35. The fourth-order valence-electron chi connectivity index (χ4n) is 3.26. The summed E-state index contributed by atoms with van der Waals surface area (Å²) in [5, 5.41) is 2.63. The lowest BCUT2D eigenvalue weighted by molar-refractivity contribution is -0.118. The van der Waals surface area contributed by atoms with Crippen LogP contribution in [0.5, 0.6) is 11.5 Å². The minimum Gasteiger partial charge on any atom is -0.495 e. The molecule has 0 aliphatic carbocycles. The number of piperidine rings is 1. The predicted molar refractivity (Wildman–Crippen MR) is 115 cm³/mol. The highest BCUT2D eigenvalue weighted by Gasteiger charge is 2.29. The van der Waals surface area contributed by atoms with E-state index in [1.54, 1.807) is 6.07 Å². The van der Waals surface area contributed by atoms with Crippen molar-refractivity contribution < 1.29 is 27.5 Å². The summed E-state index contributed by atoms with van der Waals surface area (Å²) in [6.07, 6.45) is 2.63. The van der Waals surface area contributed by atoms with Crippen LogP contribution in [0.3, 0.4) is 0 Å². The molecule has 1 saturated heterocycles. The summed E-state index contributed by atoms with van der Waals surface area (Å²) in [4.78, 5) is 23.4. The van der Waals surface area contributed by atoms with E-state index in [0.29, 0.717) is 30.1 Å². The van der Waals surface area contributed by atoms with Crippen molar-refractivity contribution in [3.8, 4) is 11.5 Å². The zero-order valence-corrected chi connectivity index (χ0v) is 18.0. The summed E-state index contributed by atoms with van der Waals surface area (Å²) in [5.74, 6) is -0.415. The number of carbonyl (C=O) groups excluding carboxylic acids is 2. The van der Waals surface area contributed by atoms with Crippen LogP contribution < -0.4 is 20.5 Å². The molecule has 3 N–H and O–H groups in total. The van der Waals surface area contributed by atoms with Gasteiger partial charge in [0, 0.05) is 24.3 Å². The van der Waals surface area contributed by atoms with Crippen LogP contribution in [0, 0.1) is 0 Å². The monoisotopic (exact) mass is 447 g/mol. The van der Waals surface area contributed by atoms with E-state index in [9.17, 15) is 18.0 Å². The van der Waals surface area contributed by atoms with Gasteiger partial charge in [0.05, 0.1) is 7.11 Å². The Morgan fingerprint density at radius 1 is 1.06 bits per heavy atom. The molecule has 0 atom stereocenters. The van der Waals surface area contributed by atoms with Crippen molar-refractivity contribution in [3.05, 3.63) is 48.0 Å². The molecule has 1 heterocycles. The van der Waals surface area contributed by atoms with E-state index in [0.717, 1.165) is 19.3 Å². The van der Waals surface area contributed by atoms with Gasteiger partial charge in [-0.1, -0.05) is 6.42 Å². The molecular formula is C21H25N3O6S. The maximum atomic E-state index is 13.1. The molecule has 9 nitrogen and oxygen atoms in total. The molecule has 10 heteroatoms. The third-order valence-corrected chi connectivity index (χ3v) is 6.81. The number of nitrogens with one attached hydrogen (secondary N) is 1. The molecule has 0 saturated carbocycles. The van der Waals surface area contributed by atoms with Gasteiger partial charge < -0.3 is 20.5 Å². The summed E-state index contributed by atoms with van der Waals surface area (Å²) in [7, 11) is -2.34. The molecule has 1 aliphatic heterocycles. The minimum absolute atomic E-state index is 0.0117. The van der Waals surface area contributed by atoms with Crippen molar-refractivity contribution in [2.24, 2.45) is 5.73 Å². The first kappa shape index (κ1) is 22.6. The van der Waals surface area contributed by atoms with E-state index in [2.05, 4.69) is 5.32 Å². The third-order valence-electron chi connectivity index (χ3n) is 4.89. The second kappa shape index (κ2) is 9.80. The van der Waals surface area contributed by atoms with Gasteiger partial charge >= 0.3 is 0 Å². The SMILES string of the molecule is COc1ccc(NC(=O)COc2ccc(C(N)=O)cc2)cc1S(=O)(=O)N1CCCCC1. The number of benzene rings is 2. The van der Waals surface area contributed by atoms with Crippen LogP contribution in [-0.2, 0) is 14.8 Å². The van der Waals surface area contributed by atoms with Crippen molar-refractivity contribution in [3.63, 3.8) is 0 Å². The first-order valence-electron chi connectivity index (χ1n) is 9.82.